The third-order valence-electron chi connectivity index (χ3n) is 2.27. The maximum absolute atomic E-state index is 11.0. The van der Waals surface area contributed by atoms with Gasteiger partial charge in [0, 0.05) is 10.0 Å². The SMILES string of the molecule is COC(=O)CCCC(I)=C(Cl)c1ccccc1. The molecule has 0 amide bonds. The van der Waals surface area contributed by atoms with Gasteiger partial charge in [0.2, 0.25) is 0 Å². The Labute approximate surface area is 120 Å². The van der Waals surface area contributed by atoms with Gasteiger partial charge >= 0.3 is 5.97 Å². The normalized spacial score (nSPS) is 11.9. The molecule has 0 aliphatic rings. The van der Waals surface area contributed by atoms with E-state index in [9.17, 15) is 4.79 Å². The molecule has 2 nitrogen and oxygen atoms in total. The number of halogens is 2. The molecule has 4 heteroatoms. The Balaban J connectivity index is 2.56. The molecular weight excluding hydrogens is 350 g/mol. The quantitative estimate of drug-likeness (QED) is 0.573. The van der Waals surface area contributed by atoms with Crippen LogP contribution < -0.4 is 0 Å². The Morgan fingerprint density at radius 1 is 1.29 bits per heavy atom. The number of rotatable bonds is 5. The Bertz CT molecular complexity index is 401. The number of carbonyl (C=O) groups is 1. The third kappa shape index (κ3) is 5.08. The molecule has 0 aliphatic heterocycles. The van der Waals surface area contributed by atoms with Crippen LogP contribution in [0.4, 0.5) is 0 Å². The van der Waals surface area contributed by atoms with Crippen LogP contribution in [0.15, 0.2) is 33.9 Å². The van der Waals surface area contributed by atoms with Crippen molar-refractivity contribution in [2.75, 3.05) is 7.11 Å². The van der Waals surface area contributed by atoms with E-state index in [1.807, 2.05) is 30.3 Å². The van der Waals surface area contributed by atoms with Crippen LogP contribution in [-0.2, 0) is 9.53 Å². The van der Waals surface area contributed by atoms with Crippen molar-refractivity contribution in [3.63, 3.8) is 0 Å². The van der Waals surface area contributed by atoms with Crippen LogP contribution in [0.2, 0.25) is 0 Å². The molecular formula is C13H14ClIO2. The highest BCUT2D eigenvalue weighted by Gasteiger charge is 2.06. The second-order valence-electron chi connectivity index (χ2n) is 3.51. The van der Waals surface area contributed by atoms with Crippen molar-refractivity contribution in [2.45, 2.75) is 19.3 Å². The summed E-state index contributed by atoms with van der Waals surface area (Å²) in [6, 6.07) is 9.81. The smallest absolute Gasteiger partial charge is 0.305 e. The van der Waals surface area contributed by atoms with Gasteiger partial charge in [-0.15, -0.1) is 0 Å². The number of esters is 1. The van der Waals surface area contributed by atoms with E-state index in [0.717, 1.165) is 27.0 Å². The largest absolute Gasteiger partial charge is 0.469 e. The lowest BCUT2D eigenvalue weighted by molar-refractivity contribution is -0.140. The van der Waals surface area contributed by atoms with E-state index in [0.29, 0.717) is 6.42 Å². The molecule has 0 radical (unpaired) electrons. The highest BCUT2D eigenvalue weighted by atomic mass is 127. The van der Waals surface area contributed by atoms with Crippen molar-refractivity contribution in [1.82, 2.24) is 0 Å². The van der Waals surface area contributed by atoms with Crippen LogP contribution in [-0.4, -0.2) is 13.1 Å². The first-order valence-corrected chi connectivity index (χ1v) is 6.77. The Morgan fingerprint density at radius 2 is 1.94 bits per heavy atom. The monoisotopic (exact) mass is 364 g/mol. The molecule has 0 unspecified atom stereocenters. The van der Waals surface area contributed by atoms with Crippen molar-refractivity contribution in [1.29, 1.82) is 0 Å². The number of ether oxygens (including phenoxy) is 1. The third-order valence-corrected chi connectivity index (χ3v) is 4.11. The number of carbonyl (C=O) groups excluding carboxylic acids is 1. The molecule has 0 spiro atoms. The number of benzene rings is 1. The first kappa shape index (κ1) is 14.5. The Morgan fingerprint density at radius 3 is 2.53 bits per heavy atom. The average molecular weight is 365 g/mol. The minimum atomic E-state index is -0.176. The Hall–Kier alpha value is -0.550. The van der Waals surface area contributed by atoms with E-state index < -0.39 is 0 Å². The van der Waals surface area contributed by atoms with Crippen molar-refractivity contribution >= 4 is 45.2 Å². The van der Waals surface area contributed by atoms with Gasteiger partial charge in [0.15, 0.2) is 0 Å². The summed E-state index contributed by atoms with van der Waals surface area (Å²) in [5.41, 5.74) is 1.01. The number of hydrogen-bond acceptors (Lipinski definition) is 2. The van der Waals surface area contributed by atoms with Gasteiger partial charge in [-0.1, -0.05) is 41.9 Å². The fourth-order valence-corrected chi connectivity index (χ4v) is 2.25. The molecule has 0 heterocycles. The first-order chi connectivity index (χ1) is 8.15. The molecule has 0 saturated carbocycles. The van der Waals surface area contributed by atoms with Gasteiger partial charge in [0.1, 0.15) is 0 Å². The van der Waals surface area contributed by atoms with Crippen LogP contribution in [0, 0.1) is 0 Å². The van der Waals surface area contributed by atoms with Crippen molar-refractivity contribution in [2.24, 2.45) is 0 Å². The number of hydrogen-bond donors (Lipinski definition) is 0. The summed E-state index contributed by atoms with van der Waals surface area (Å²) >= 11 is 8.49. The summed E-state index contributed by atoms with van der Waals surface area (Å²) in [6.45, 7) is 0. The second kappa shape index (κ2) is 7.71. The van der Waals surface area contributed by atoms with Gasteiger partial charge < -0.3 is 4.74 Å². The van der Waals surface area contributed by atoms with Crippen LogP contribution in [0.25, 0.3) is 5.03 Å². The van der Waals surface area contributed by atoms with Gasteiger partial charge in [-0.2, -0.15) is 0 Å². The fourth-order valence-electron chi connectivity index (χ4n) is 1.34. The fraction of sp³-hybridized carbons (Fsp3) is 0.308. The van der Waals surface area contributed by atoms with Gasteiger partial charge in [-0.3, -0.25) is 4.79 Å². The molecule has 17 heavy (non-hydrogen) atoms. The van der Waals surface area contributed by atoms with E-state index in [1.165, 1.54) is 7.11 Å². The molecule has 0 fully saturated rings. The Kier molecular flexibility index (Phi) is 6.58. The van der Waals surface area contributed by atoms with E-state index in [2.05, 4.69) is 27.3 Å². The maximum Gasteiger partial charge on any atom is 0.305 e. The highest BCUT2D eigenvalue weighted by molar-refractivity contribution is 14.1. The standard InChI is InChI=1S/C13H14ClIO2/c1-17-12(16)9-5-8-11(15)13(14)10-6-3-2-4-7-10/h2-4,6-7H,5,8-9H2,1H3. The zero-order valence-corrected chi connectivity index (χ0v) is 12.5. The number of methoxy groups -OCH3 is 1. The zero-order chi connectivity index (χ0) is 12.7. The van der Waals surface area contributed by atoms with Gasteiger partial charge in [-0.05, 0) is 41.0 Å². The average Bonchev–Trinajstić information content (AvgIpc) is 2.38. The van der Waals surface area contributed by atoms with Crippen LogP contribution in [0.3, 0.4) is 0 Å². The van der Waals surface area contributed by atoms with Crippen molar-refractivity contribution < 1.29 is 9.53 Å². The molecule has 0 bridgehead atoms. The summed E-state index contributed by atoms with van der Waals surface area (Å²) in [6.07, 6.45) is 1.99. The summed E-state index contributed by atoms with van der Waals surface area (Å²) in [7, 11) is 1.40. The maximum atomic E-state index is 11.0. The van der Waals surface area contributed by atoms with Gasteiger partial charge in [0.25, 0.3) is 0 Å². The summed E-state index contributed by atoms with van der Waals surface area (Å²) in [4.78, 5) is 11.0. The van der Waals surface area contributed by atoms with E-state index in [1.54, 1.807) is 0 Å². The van der Waals surface area contributed by atoms with Crippen molar-refractivity contribution in [3.05, 3.63) is 39.5 Å². The molecule has 0 aliphatic carbocycles. The molecule has 1 rings (SSSR count). The molecule has 0 aromatic heterocycles. The molecule has 0 N–H and O–H groups in total. The molecule has 92 valence electrons. The van der Waals surface area contributed by atoms with E-state index >= 15 is 0 Å². The minimum Gasteiger partial charge on any atom is -0.469 e. The topological polar surface area (TPSA) is 26.3 Å². The van der Waals surface area contributed by atoms with E-state index in [-0.39, 0.29) is 5.97 Å². The van der Waals surface area contributed by atoms with Gasteiger partial charge in [-0.25, -0.2) is 0 Å². The number of allylic oxidation sites excluding steroid dienone is 1. The molecule has 0 atom stereocenters. The summed E-state index contributed by atoms with van der Waals surface area (Å²) < 4.78 is 5.66. The lowest BCUT2D eigenvalue weighted by atomic mass is 10.1. The second-order valence-corrected chi connectivity index (χ2v) is 5.19. The lowest BCUT2D eigenvalue weighted by Gasteiger charge is -2.04. The predicted octanol–water partition coefficient (Wildman–Crippen LogP) is 4.37. The summed E-state index contributed by atoms with van der Waals surface area (Å²) in [5.74, 6) is -0.176. The predicted molar refractivity (Wildman–Crippen MR) is 79.1 cm³/mol. The summed E-state index contributed by atoms with van der Waals surface area (Å²) in [5, 5.41) is 0.760. The van der Waals surface area contributed by atoms with Crippen LogP contribution in [0.5, 0.6) is 0 Å². The molecule has 1 aromatic rings. The zero-order valence-electron chi connectivity index (χ0n) is 9.58. The van der Waals surface area contributed by atoms with Gasteiger partial charge in [0.05, 0.1) is 12.1 Å². The van der Waals surface area contributed by atoms with E-state index in [4.69, 9.17) is 11.6 Å². The molecule has 0 saturated heterocycles. The van der Waals surface area contributed by atoms with Crippen LogP contribution >= 0.6 is 34.2 Å². The van der Waals surface area contributed by atoms with Crippen molar-refractivity contribution in [3.8, 4) is 0 Å². The van der Waals surface area contributed by atoms with Crippen LogP contribution in [0.1, 0.15) is 24.8 Å². The lowest BCUT2D eigenvalue weighted by Crippen LogP contribution is -1.99. The minimum absolute atomic E-state index is 0.176. The first-order valence-electron chi connectivity index (χ1n) is 5.31. The molecule has 1 aromatic carbocycles. The highest BCUT2D eigenvalue weighted by Crippen LogP contribution is 2.30.